The van der Waals surface area contributed by atoms with E-state index < -0.39 is 5.97 Å². The van der Waals surface area contributed by atoms with Gasteiger partial charge < -0.3 is 10.0 Å². The monoisotopic (exact) mass is 278 g/mol. The number of fused-ring (bicyclic) bond motifs is 1. The van der Waals surface area contributed by atoms with Crippen LogP contribution in [0, 0.1) is 0 Å². The third-order valence-corrected chi connectivity index (χ3v) is 2.82. The zero-order valence-corrected chi connectivity index (χ0v) is 10.9. The van der Waals surface area contributed by atoms with Gasteiger partial charge in [0.15, 0.2) is 5.65 Å². The Morgan fingerprint density at radius 1 is 1.40 bits per heavy atom. The Morgan fingerprint density at radius 3 is 2.80 bits per heavy atom. The molecule has 0 unspecified atom stereocenters. The van der Waals surface area contributed by atoms with Gasteiger partial charge in [0.25, 0.3) is 0 Å². The molecule has 0 radical (unpaired) electrons. The van der Waals surface area contributed by atoms with Crippen molar-refractivity contribution in [2.75, 3.05) is 13.6 Å². The summed E-state index contributed by atoms with van der Waals surface area (Å²) in [5.41, 5.74) is 0.179. The highest BCUT2D eigenvalue weighted by Crippen LogP contribution is 1.97. The SMILES string of the molecule is CN(CC(=O)O)C(=O)CCn1nc2ccccn2c1=O. The van der Waals surface area contributed by atoms with Gasteiger partial charge in [-0.2, -0.15) is 0 Å². The first-order chi connectivity index (χ1) is 9.49. The maximum atomic E-state index is 11.9. The van der Waals surface area contributed by atoms with Gasteiger partial charge in [0.05, 0.1) is 6.54 Å². The Morgan fingerprint density at radius 2 is 2.15 bits per heavy atom. The number of aliphatic carboxylic acids is 1. The number of carbonyl (C=O) groups excluding carboxylic acids is 1. The van der Waals surface area contributed by atoms with Gasteiger partial charge in [0, 0.05) is 19.7 Å². The number of likely N-dealkylation sites (N-methyl/N-ethyl adjacent to an activating group) is 1. The van der Waals surface area contributed by atoms with Crippen LogP contribution < -0.4 is 5.69 Å². The summed E-state index contributed by atoms with van der Waals surface area (Å²) < 4.78 is 2.58. The first kappa shape index (κ1) is 13.8. The number of aryl methyl sites for hydroxylation is 1. The van der Waals surface area contributed by atoms with Gasteiger partial charge in [-0.15, -0.1) is 5.10 Å². The van der Waals surface area contributed by atoms with E-state index in [0.717, 1.165) is 4.90 Å². The fourth-order valence-electron chi connectivity index (χ4n) is 1.80. The minimum atomic E-state index is -1.08. The van der Waals surface area contributed by atoms with Gasteiger partial charge in [-0.05, 0) is 12.1 Å². The zero-order chi connectivity index (χ0) is 14.7. The molecule has 0 fully saturated rings. The normalized spacial score (nSPS) is 10.7. The summed E-state index contributed by atoms with van der Waals surface area (Å²) >= 11 is 0. The lowest BCUT2D eigenvalue weighted by Crippen LogP contribution is -2.33. The van der Waals surface area contributed by atoms with E-state index in [1.807, 2.05) is 0 Å². The molecule has 0 aliphatic heterocycles. The van der Waals surface area contributed by atoms with Crippen molar-refractivity contribution in [1.29, 1.82) is 0 Å². The molecule has 1 N–H and O–H groups in total. The lowest BCUT2D eigenvalue weighted by Gasteiger charge is -2.13. The number of carboxylic acid groups (broad SMARTS) is 1. The van der Waals surface area contributed by atoms with Crippen LogP contribution in [0.2, 0.25) is 0 Å². The predicted molar refractivity (Wildman–Crippen MR) is 69.3 cm³/mol. The van der Waals surface area contributed by atoms with Crippen LogP contribution in [0.5, 0.6) is 0 Å². The summed E-state index contributed by atoms with van der Waals surface area (Å²) in [5.74, 6) is -1.43. The average Bonchev–Trinajstić information content (AvgIpc) is 2.72. The second-order valence-electron chi connectivity index (χ2n) is 4.33. The number of amides is 1. The fraction of sp³-hybridized carbons (Fsp3) is 0.333. The van der Waals surface area contributed by atoms with E-state index in [1.54, 1.807) is 24.4 Å². The summed E-state index contributed by atoms with van der Waals surface area (Å²) in [6, 6.07) is 5.17. The maximum absolute atomic E-state index is 11.9. The third kappa shape index (κ3) is 2.85. The number of carbonyl (C=O) groups is 2. The summed E-state index contributed by atoms with van der Waals surface area (Å²) in [6.07, 6.45) is 1.62. The molecule has 8 nitrogen and oxygen atoms in total. The van der Waals surface area contributed by atoms with Gasteiger partial charge >= 0.3 is 11.7 Å². The molecule has 0 saturated heterocycles. The van der Waals surface area contributed by atoms with Crippen LogP contribution in [0.3, 0.4) is 0 Å². The Balaban J connectivity index is 2.06. The van der Waals surface area contributed by atoms with Crippen LogP contribution in [0.25, 0.3) is 5.65 Å². The molecule has 0 aromatic carbocycles. The topological polar surface area (TPSA) is 96.9 Å². The molecule has 2 rings (SSSR count). The van der Waals surface area contributed by atoms with Crippen molar-refractivity contribution in [3.05, 3.63) is 34.9 Å². The molecule has 106 valence electrons. The minimum absolute atomic E-state index is 0.0214. The van der Waals surface area contributed by atoms with Crippen molar-refractivity contribution in [1.82, 2.24) is 19.1 Å². The first-order valence-corrected chi connectivity index (χ1v) is 5.99. The standard InChI is InChI=1S/C12H14N4O4/c1-14(8-11(18)19)10(17)5-7-16-12(20)15-6-3-2-4-9(15)13-16/h2-4,6H,5,7-8H2,1H3,(H,18,19). The highest BCUT2D eigenvalue weighted by molar-refractivity contribution is 5.80. The molecule has 2 heterocycles. The first-order valence-electron chi connectivity index (χ1n) is 5.99. The number of hydrogen-bond acceptors (Lipinski definition) is 4. The lowest BCUT2D eigenvalue weighted by atomic mass is 10.3. The van der Waals surface area contributed by atoms with Crippen molar-refractivity contribution in [3.63, 3.8) is 0 Å². The van der Waals surface area contributed by atoms with E-state index in [9.17, 15) is 14.4 Å². The van der Waals surface area contributed by atoms with Crippen LogP contribution in [0.4, 0.5) is 0 Å². The van der Waals surface area contributed by atoms with E-state index in [2.05, 4.69) is 5.10 Å². The summed E-state index contributed by atoms with van der Waals surface area (Å²) in [4.78, 5) is 35.2. The quantitative estimate of drug-likeness (QED) is 0.790. The maximum Gasteiger partial charge on any atom is 0.350 e. The molecule has 0 atom stereocenters. The highest BCUT2D eigenvalue weighted by Gasteiger charge is 2.13. The fourth-order valence-corrected chi connectivity index (χ4v) is 1.80. The molecule has 0 bridgehead atoms. The molecule has 0 saturated carbocycles. The molecular weight excluding hydrogens is 264 g/mol. The number of rotatable bonds is 5. The van der Waals surface area contributed by atoms with E-state index in [4.69, 9.17) is 5.11 Å². The van der Waals surface area contributed by atoms with Crippen LogP contribution in [0.15, 0.2) is 29.2 Å². The highest BCUT2D eigenvalue weighted by atomic mass is 16.4. The number of carboxylic acids is 1. The van der Waals surface area contributed by atoms with Crippen molar-refractivity contribution < 1.29 is 14.7 Å². The van der Waals surface area contributed by atoms with Gasteiger partial charge in [0.1, 0.15) is 6.54 Å². The van der Waals surface area contributed by atoms with E-state index in [-0.39, 0.29) is 31.1 Å². The van der Waals surface area contributed by atoms with Crippen LogP contribution >= 0.6 is 0 Å². The molecule has 2 aromatic heterocycles. The second kappa shape index (κ2) is 5.55. The summed E-state index contributed by atoms with van der Waals surface area (Å²) in [7, 11) is 1.41. The zero-order valence-electron chi connectivity index (χ0n) is 10.9. The molecular formula is C12H14N4O4. The average molecular weight is 278 g/mol. The molecule has 1 amide bonds. The van der Waals surface area contributed by atoms with Crippen LogP contribution in [0.1, 0.15) is 6.42 Å². The molecule has 0 aliphatic carbocycles. The Hall–Kier alpha value is -2.64. The third-order valence-electron chi connectivity index (χ3n) is 2.82. The summed E-state index contributed by atoms with van der Waals surface area (Å²) in [5, 5.41) is 12.7. The van der Waals surface area contributed by atoms with Crippen molar-refractivity contribution in [2.24, 2.45) is 0 Å². The minimum Gasteiger partial charge on any atom is -0.480 e. The Bertz CT molecular complexity index is 703. The number of nitrogens with zero attached hydrogens (tertiary/aromatic N) is 4. The van der Waals surface area contributed by atoms with E-state index in [1.165, 1.54) is 16.1 Å². The van der Waals surface area contributed by atoms with Gasteiger partial charge in [-0.25, -0.2) is 9.48 Å². The van der Waals surface area contributed by atoms with Crippen LogP contribution in [-0.2, 0) is 16.1 Å². The molecule has 2 aromatic rings. The second-order valence-corrected chi connectivity index (χ2v) is 4.33. The number of aromatic nitrogens is 3. The molecule has 0 aliphatic rings. The Labute approximate surface area is 113 Å². The summed E-state index contributed by atoms with van der Waals surface area (Å²) in [6.45, 7) is -0.248. The van der Waals surface area contributed by atoms with Gasteiger partial charge in [-0.1, -0.05) is 6.07 Å². The molecule has 8 heteroatoms. The van der Waals surface area contributed by atoms with Crippen LogP contribution in [-0.4, -0.2) is 49.7 Å². The molecule has 0 spiro atoms. The lowest BCUT2D eigenvalue weighted by molar-refractivity contribution is -0.143. The number of hydrogen-bond donors (Lipinski definition) is 1. The van der Waals surface area contributed by atoms with Crippen molar-refractivity contribution in [2.45, 2.75) is 13.0 Å². The smallest absolute Gasteiger partial charge is 0.350 e. The van der Waals surface area contributed by atoms with Gasteiger partial charge in [0.2, 0.25) is 5.91 Å². The number of pyridine rings is 1. The molecule has 20 heavy (non-hydrogen) atoms. The Kier molecular flexibility index (Phi) is 3.83. The van der Waals surface area contributed by atoms with E-state index >= 15 is 0 Å². The van der Waals surface area contributed by atoms with Crippen molar-refractivity contribution in [3.8, 4) is 0 Å². The predicted octanol–water partition coefficient (Wildman–Crippen LogP) is -0.571. The van der Waals surface area contributed by atoms with E-state index in [0.29, 0.717) is 5.65 Å². The largest absolute Gasteiger partial charge is 0.480 e. The van der Waals surface area contributed by atoms with Crippen molar-refractivity contribution >= 4 is 17.5 Å². The van der Waals surface area contributed by atoms with Gasteiger partial charge in [-0.3, -0.25) is 14.0 Å².